The summed E-state index contributed by atoms with van der Waals surface area (Å²) in [5.41, 5.74) is 1.04. The van der Waals surface area contributed by atoms with Crippen LogP contribution < -0.4 is 0 Å². The molecule has 0 amide bonds. The van der Waals surface area contributed by atoms with Gasteiger partial charge in [-0.1, -0.05) is 121 Å². The number of ether oxygens (including phenoxy) is 1. The van der Waals surface area contributed by atoms with Crippen molar-refractivity contribution in [2.24, 2.45) is 5.92 Å². The molecule has 28 heavy (non-hydrogen) atoms. The summed E-state index contributed by atoms with van der Waals surface area (Å²) in [6, 6.07) is 9.91. The van der Waals surface area contributed by atoms with Crippen LogP contribution in [0.5, 0.6) is 0 Å². The third-order valence-corrected chi connectivity index (χ3v) is 5.60. The highest BCUT2D eigenvalue weighted by molar-refractivity contribution is 5.72. The lowest BCUT2D eigenvalue weighted by atomic mass is 9.95. The Balaban J connectivity index is 2.27. The molecule has 0 heterocycles. The maximum Gasteiger partial charge on any atom is 0.310 e. The highest BCUT2D eigenvalue weighted by atomic mass is 16.5. The SMILES string of the molecule is CCCCCCCCCC(CCCCCCC)COC(=O)Cc1ccccc1. The fourth-order valence-electron chi connectivity index (χ4n) is 3.76. The van der Waals surface area contributed by atoms with Crippen LogP contribution in [0.4, 0.5) is 0 Å². The van der Waals surface area contributed by atoms with Crippen molar-refractivity contribution < 1.29 is 9.53 Å². The van der Waals surface area contributed by atoms with Gasteiger partial charge in [-0.25, -0.2) is 0 Å². The summed E-state index contributed by atoms with van der Waals surface area (Å²) in [6.07, 6.45) is 18.8. The van der Waals surface area contributed by atoms with Crippen LogP contribution in [-0.2, 0) is 16.0 Å². The minimum Gasteiger partial charge on any atom is -0.465 e. The Morgan fingerprint density at radius 3 is 1.79 bits per heavy atom. The molecule has 0 bridgehead atoms. The second-order valence-electron chi connectivity index (χ2n) is 8.32. The number of esters is 1. The Bertz CT molecular complexity index is 469. The smallest absolute Gasteiger partial charge is 0.310 e. The van der Waals surface area contributed by atoms with Crippen LogP contribution in [0.3, 0.4) is 0 Å². The third-order valence-electron chi connectivity index (χ3n) is 5.60. The number of carbonyl (C=O) groups is 1. The molecule has 0 aliphatic heterocycles. The van der Waals surface area contributed by atoms with Crippen molar-refractivity contribution in [3.8, 4) is 0 Å². The molecule has 2 nitrogen and oxygen atoms in total. The molecule has 0 N–H and O–H groups in total. The molecule has 0 fully saturated rings. The Morgan fingerprint density at radius 2 is 1.25 bits per heavy atom. The van der Waals surface area contributed by atoms with E-state index in [0.717, 1.165) is 5.56 Å². The first-order valence-electron chi connectivity index (χ1n) is 12.0. The van der Waals surface area contributed by atoms with E-state index in [9.17, 15) is 4.79 Å². The lowest BCUT2D eigenvalue weighted by molar-refractivity contribution is -0.144. The zero-order valence-corrected chi connectivity index (χ0v) is 18.6. The van der Waals surface area contributed by atoms with Crippen molar-refractivity contribution in [2.45, 2.75) is 110 Å². The number of hydrogen-bond acceptors (Lipinski definition) is 2. The Labute approximate surface area is 174 Å². The van der Waals surface area contributed by atoms with Gasteiger partial charge in [0.2, 0.25) is 0 Å². The van der Waals surface area contributed by atoms with Gasteiger partial charge in [-0.05, 0) is 24.3 Å². The van der Waals surface area contributed by atoms with Crippen LogP contribution >= 0.6 is 0 Å². The molecule has 1 aromatic carbocycles. The second kappa shape index (κ2) is 17.8. The number of rotatable bonds is 18. The Hall–Kier alpha value is -1.31. The molecule has 0 aliphatic rings. The molecule has 0 radical (unpaired) electrons. The van der Waals surface area contributed by atoms with Gasteiger partial charge in [-0.2, -0.15) is 0 Å². The third kappa shape index (κ3) is 13.8. The Kier molecular flexibility index (Phi) is 15.7. The summed E-state index contributed by atoms with van der Waals surface area (Å²) in [5, 5.41) is 0. The summed E-state index contributed by atoms with van der Waals surface area (Å²) in [7, 11) is 0. The number of hydrogen-bond donors (Lipinski definition) is 0. The van der Waals surface area contributed by atoms with Gasteiger partial charge in [0, 0.05) is 0 Å². The van der Waals surface area contributed by atoms with Crippen molar-refractivity contribution in [1.82, 2.24) is 0 Å². The van der Waals surface area contributed by atoms with Crippen molar-refractivity contribution in [1.29, 1.82) is 0 Å². The number of benzene rings is 1. The van der Waals surface area contributed by atoms with Crippen LogP contribution in [0.15, 0.2) is 30.3 Å². The predicted octanol–water partition coefficient (Wildman–Crippen LogP) is 7.89. The molecule has 0 saturated heterocycles. The monoisotopic (exact) mass is 388 g/mol. The number of unbranched alkanes of at least 4 members (excludes halogenated alkanes) is 10. The predicted molar refractivity (Wildman–Crippen MR) is 121 cm³/mol. The van der Waals surface area contributed by atoms with Gasteiger partial charge in [-0.3, -0.25) is 4.79 Å². The highest BCUT2D eigenvalue weighted by Gasteiger charge is 2.12. The van der Waals surface area contributed by atoms with Crippen molar-refractivity contribution in [3.05, 3.63) is 35.9 Å². The van der Waals surface area contributed by atoms with E-state index >= 15 is 0 Å². The first kappa shape index (κ1) is 24.7. The summed E-state index contributed by atoms with van der Waals surface area (Å²) < 4.78 is 5.66. The molecule has 0 spiro atoms. The van der Waals surface area contributed by atoms with E-state index in [2.05, 4.69) is 13.8 Å². The first-order valence-corrected chi connectivity index (χ1v) is 12.0. The van der Waals surface area contributed by atoms with Gasteiger partial charge < -0.3 is 4.74 Å². The minimum absolute atomic E-state index is 0.0817. The summed E-state index contributed by atoms with van der Waals surface area (Å²) in [4.78, 5) is 12.2. The van der Waals surface area contributed by atoms with E-state index in [1.807, 2.05) is 30.3 Å². The summed E-state index contributed by atoms with van der Waals surface area (Å²) in [5.74, 6) is 0.457. The molecular formula is C26H44O2. The fraction of sp³-hybridized carbons (Fsp3) is 0.731. The molecular weight excluding hydrogens is 344 g/mol. The molecule has 0 aliphatic carbocycles. The largest absolute Gasteiger partial charge is 0.465 e. The normalized spacial score (nSPS) is 12.1. The summed E-state index contributed by atoms with van der Waals surface area (Å²) >= 11 is 0. The minimum atomic E-state index is -0.0817. The molecule has 1 rings (SSSR count). The zero-order chi connectivity index (χ0) is 20.3. The van der Waals surface area contributed by atoms with Crippen LogP contribution in [0.2, 0.25) is 0 Å². The molecule has 160 valence electrons. The standard InChI is InChI=1S/C26H44O2/c1-3-5-7-9-10-12-15-21-25(20-14-11-8-6-4-2)23-28-26(27)22-24-18-16-13-17-19-24/h13,16-19,25H,3-12,14-15,20-23H2,1-2H3. The highest BCUT2D eigenvalue weighted by Crippen LogP contribution is 2.20. The molecule has 1 aromatic rings. The maximum absolute atomic E-state index is 12.2. The molecule has 1 unspecified atom stereocenters. The Morgan fingerprint density at radius 1 is 0.750 bits per heavy atom. The van der Waals surface area contributed by atoms with Gasteiger partial charge in [0.15, 0.2) is 0 Å². The van der Waals surface area contributed by atoms with E-state index in [-0.39, 0.29) is 5.97 Å². The van der Waals surface area contributed by atoms with Crippen LogP contribution in [-0.4, -0.2) is 12.6 Å². The molecule has 2 heteroatoms. The molecule has 1 atom stereocenters. The van der Waals surface area contributed by atoms with E-state index in [4.69, 9.17) is 4.74 Å². The summed E-state index contributed by atoms with van der Waals surface area (Å²) in [6.45, 7) is 5.13. The average Bonchev–Trinajstić information content (AvgIpc) is 2.71. The topological polar surface area (TPSA) is 26.3 Å². The fourth-order valence-corrected chi connectivity index (χ4v) is 3.76. The first-order chi connectivity index (χ1) is 13.8. The van der Waals surface area contributed by atoms with Crippen LogP contribution in [0, 0.1) is 5.92 Å². The van der Waals surface area contributed by atoms with Gasteiger partial charge in [0.05, 0.1) is 13.0 Å². The lowest BCUT2D eigenvalue weighted by Crippen LogP contribution is -2.16. The van der Waals surface area contributed by atoms with Gasteiger partial charge in [0.25, 0.3) is 0 Å². The number of carbonyl (C=O) groups excluding carboxylic acids is 1. The average molecular weight is 389 g/mol. The van der Waals surface area contributed by atoms with Crippen molar-refractivity contribution in [2.75, 3.05) is 6.61 Å². The van der Waals surface area contributed by atoms with Crippen LogP contribution in [0.1, 0.15) is 109 Å². The van der Waals surface area contributed by atoms with E-state index in [0.29, 0.717) is 18.9 Å². The molecule has 0 aromatic heterocycles. The quantitative estimate of drug-likeness (QED) is 0.189. The van der Waals surface area contributed by atoms with E-state index < -0.39 is 0 Å². The van der Waals surface area contributed by atoms with Crippen molar-refractivity contribution >= 4 is 5.97 Å². The van der Waals surface area contributed by atoms with Crippen molar-refractivity contribution in [3.63, 3.8) is 0 Å². The maximum atomic E-state index is 12.2. The lowest BCUT2D eigenvalue weighted by Gasteiger charge is -2.17. The van der Waals surface area contributed by atoms with Crippen LogP contribution in [0.25, 0.3) is 0 Å². The van der Waals surface area contributed by atoms with E-state index in [1.54, 1.807) is 0 Å². The molecule has 0 saturated carbocycles. The zero-order valence-electron chi connectivity index (χ0n) is 18.6. The van der Waals surface area contributed by atoms with Gasteiger partial charge in [-0.15, -0.1) is 0 Å². The second-order valence-corrected chi connectivity index (χ2v) is 8.32. The van der Waals surface area contributed by atoms with E-state index in [1.165, 1.54) is 89.9 Å². The van der Waals surface area contributed by atoms with Gasteiger partial charge >= 0.3 is 5.97 Å². The van der Waals surface area contributed by atoms with Gasteiger partial charge in [0.1, 0.15) is 0 Å².